The van der Waals surface area contributed by atoms with Gasteiger partial charge in [0.15, 0.2) is 90.4 Å². The van der Waals surface area contributed by atoms with E-state index in [1.165, 1.54) is 5.19 Å². The fourth-order valence-electron chi connectivity index (χ4n) is 8.70. The van der Waals surface area contributed by atoms with Gasteiger partial charge in [-0.15, -0.1) is 0 Å². The van der Waals surface area contributed by atoms with Crippen molar-refractivity contribution in [3.05, 3.63) is 91.0 Å². The zero-order valence-corrected chi connectivity index (χ0v) is 100. The van der Waals surface area contributed by atoms with Crippen LogP contribution in [0.3, 0.4) is 0 Å². The quantitative estimate of drug-likeness (QED) is 0.0567. The average molecular weight is 2280 g/mol. The van der Waals surface area contributed by atoms with Crippen LogP contribution in [0.5, 0.6) is 0 Å². The molecule has 0 spiro atoms. The molecular formula is C50H121O14Rf3Si19. The smallest absolute Gasteiger partial charge is 0.411 e. The van der Waals surface area contributed by atoms with E-state index in [1.807, 2.05) is 18.2 Å². The van der Waals surface area contributed by atoms with Gasteiger partial charge < -0.3 is 57.6 Å². The van der Waals surface area contributed by atoms with Crippen molar-refractivity contribution in [2.75, 3.05) is 0 Å². The molecule has 0 aromatic heterocycles. The van der Waals surface area contributed by atoms with Gasteiger partial charge in [0.2, 0.25) is 0 Å². The van der Waals surface area contributed by atoms with E-state index in [0.29, 0.717) is 0 Å². The summed E-state index contributed by atoms with van der Waals surface area (Å²) < 4.78 is 85.3. The van der Waals surface area contributed by atoms with Gasteiger partial charge in [-0.05, 0) is 225 Å². The molecule has 487 valence electrons. The minimum absolute atomic E-state index is 0. The van der Waals surface area contributed by atoms with Gasteiger partial charge in [0.1, 0.15) is 0 Å². The molecule has 3 aromatic carbocycles. The first kappa shape index (κ1) is 92.9. The van der Waals surface area contributed by atoms with E-state index in [2.05, 4.69) is 282 Å². The molecule has 86 heavy (non-hydrogen) atoms. The summed E-state index contributed by atoms with van der Waals surface area (Å²) in [6.45, 7) is 69.2. The Morgan fingerprint density at radius 1 is 0.314 bits per heavy atom. The van der Waals surface area contributed by atoms with Gasteiger partial charge in [-0.25, -0.2) is 0 Å². The predicted molar refractivity (Wildman–Crippen MR) is 404 cm³/mol. The first-order valence-corrected chi connectivity index (χ1v) is 78.7. The van der Waals surface area contributed by atoms with Crippen molar-refractivity contribution in [2.24, 2.45) is 0 Å². The Hall–Kier alpha value is -1.78. The van der Waals surface area contributed by atoms with E-state index >= 15 is 0 Å². The molecule has 0 aliphatic carbocycles. The molecule has 36 heteroatoms. The molecule has 0 bridgehead atoms. The Balaban J connectivity index is -0.000000326. The van der Waals surface area contributed by atoms with Crippen LogP contribution in [0.2, 0.25) is 210 Å². The minimum Gasteiger partial charge on any atom is -0.440 e. The molecule has 1 atom stereocenters. The minimum atomic E-state index is -2.79. The van der Waals surface area contributed by atoms with Crippen LogP contribution in [0.15, 0.2) is 91.0 Å². The molecule has 14 nitrogen and oxygen atoms in total. The van der Waals surface area contributed by atoms with E-state index in [-0.39, 0.29) is 10.0 Å². The van der Waals surface area contributed by atoms with Crippen molar-refractivity contribution in [3.8, 4) is 0 Å². The third-order valence-electron chi connectivity index (χ3n) is 9.78. The van der Waals surface area contributed by atoms with Crippen molar-refractivity contribution in [1.29, 1.82) is 0 Å². The van der Waals surface area contributed by atoms with Crippen LogP contribution in [0, 0.1) is 0 Å². The summed E-state index contributed by atoms with van der Waals surface area (Å²) in [7, 11) is -26.4. The van der Waals surface area contributed by atoms with Gasteiger partial charge in [-0.2, -0.15) is 0 Å². The van der Waals surface area contributed by atoms with Crippen LogP contribution in [-0.2, 0) is 57.6 Å². The Bertz CT molecular complexity index is 2060. The maximum Gasteiger partial charge on any atom is 0.411 e. The van der Waals surface area contributed by atoms with Gasteiger partial charge in [-0.1, -0.05) is 91.0 Å². The Morgan fingerprint density at radius 2 is 0.605 bits per heavy atom. The Labute approximate surface area is 538 Å². The first-order valence-electron chi connectivity index (χ1n) is 30.1. The van der Waals surface area contributed by atoms with Crippen LogP contribution < -0.4 is 15.6 Å². The summed E-state index contributed by atoms with van der Waals surface area (Å²) in [5, 5.41) is 3.53. The van der Waals surface area contributed by atoms with E-state index in [0.717, 1.165) is 10.4 Å². The van der Waals surface area contributed by atoms with Crippen LogP contribution in [0.4, 0.5) is 0 Å². The molecular weight excluding hydrogens is 2160 g/mol. The number of rotatable bonds is 31. The Kier molecular flexibility index (Phi) is 48.3. The van der Waals surface area contributed by atoms with Crippen LogP contribution >= 0.6 is 0 Å². The Morgan fingerprint density at radius 3 is 0.919 bits per heavy atom. The van der Waals surface area contributed by atoms with Gasteiger partial charge in [0, 0.05) is 0 Å². The normalized spacial score (nSPS) is 13.2. The zero-order chi connectivity index (χ0) is 64.8. The van der Waals surface area contributed by atoms with E-state index in [9.17, 15) is 0 Å². The van der Waals surface area contributed by atoms with Gasteiger partial charge >= 0.3 is 79.2 Å². The monoisotopic (exact) mass is 2280 g/mol. The largest absolute Gasteiger partial charge is 0.440 e. The van der Waals surface area contributed by atoms with Crippen molar-refractivity contribution >= 4 is 185 Å². The van der Waals surface area contributed by atoms with E-state index < -0.39 is 160 Å². The molecule has 0 saturated heterocycles. The molecule has 0 fully saturated rings. The van der Waals surface area contributed by atoms with Gasteiger partial charge in [0.25, 0.3) is 0 Å². The molecule has 1 unspecified atom stereocenters. The van der Waals surface area contributed by atoms with Crippen molar-refractivity contribution in [3.63, 3.8) is 0 Å². The second-order valence-electron chi connectivity index (χ2n) is 25.3. The number of hydrogen-bond donors (Lipinski definition) is 0. The van der Waals surface area contributed by atoms with Gasteiger partial charge in [-0.3, -0.25) is 0 Å². The summed E-state index contributed by atoms with van der Waals surface area (Å²) in [6.07, 6.45) is 0. The molecule has 0 saturated carbocycles. The first-order chi connectivity index (χ1) is 37.8. The summed E-state index contributed by atoms with van der Waals surface area (Å²) in [6, 6.07) is 31.3. The summed E-state index contributed by atoms with van der Waals surface area (Å²) in [5.74, 6) is 0. The zero-order valence-electron chi connectivity index (χ0n) is 60.3. The second-order valence-corrected chi connectivity index (χ2v) is 79.0. The third-order valence-corrected chi connectivity index (χ3v) is 62.7. The second kappa shape index (κ2) is 44.7. The molecule has 0 N–H and O–H groups in total. The van der Waals surface area contributed by atoms with Gasteiger partial charge in [0.05, 0.1) is 0 Å². The van der Waals surface area contributed by atoms with E-state index in [4.69, 9.17) is 57.6 Å². The maximum absolute atomic E-state index is 6.92. The van der Waals surface area contributed by atoms with Crippen molar-refractivity contribution in [1.82, 2.24) is 0 Å². The van der Waals surface area contributed by atoms with Crippen LogP contribution in [-0.4, -0.2) is 170 Å². The molecule has 0 amide bonds. The SMILES string of the molecule is C[SiH](C)O[Si](C)(C)O[SiH](C)C.C[SiH](C)O[Si](C)(C)O[Si](C)(O[SiH](C)C)c1ccccc1.C[SiH](C)O[Si](C)(C)O[Si](O[SiH](C)C)(c1ccccc1)c1ccccc1.C[SiH](C)O[Si]O[Si](C)(C)O[SiH](C)C.C[Si](O[SiH](C)C)O[Si](C)(C)O[SiH](C)C.[Rf].[Rf].[Rf]. The molecule has 0 aliphatic rings. The standard InChI is InChI=1S/C18H30O3Si4.C13H28O3Si4.C7H23O3Si4.C6H20O3Si4.C6H20O2Si3.3Rf/c1-22(2)19-24(5,6)21-25(20-23(3)4,17-13-9-7-10-14-17)18-15-11-8-12-16-18;1-17(2)14-19(5,6)16-20(7,15-18(3)4)13-11-9-8-10-12-13;1-11(2)8-13(5)10-14(6,7)9-12(3)4;1-11(2)7-10-8-13(5,6)9-12(3)4;1-9(2)7-11(5,6)8-10(3)4;;;/h7-16,22-23H,1-6H3;8-12,17-18H,1-7H3;11-12H,1-7H3;11-12H,1-6H3;9-10H,1-6H3;;;. The van der Waals surface area contributed by atoms with Crippen molar-refractivity contribution < 1.29 is 57.6 Å². The fourth-order valence-corrected chi connectivity index (χ4v) is 66.9. The third kappa shape index (κ3) is 46.3. The number of hydrogen-bond acceptors (Lipinski definition) is 14. The molecule has 3 aromatic rings. The fraction of sp³-hybridized carbons (Fsp3) is 0.640. The summed E-state index contributed by atoms with van der Waals surface area (Å²) in [5.41, 5.74) is 0. The van der Waals surface area contributed by atoms with Crippen LogP contribution in [0.1, 0.15) is 0 Å². The molecule has 3 radical (unpaired) electrons. The maximum atomic E-state index is 6.92. The van der Waals surface area contributed by atoms with Crippen molar-refractivity contribution in [2.45, 2.75) is 210 Å². The topological polar surface area (TPSA) is 129 Å². The number of benzene rings is 3. The molecule has 3 rings (SSSR count). The molecule has 0 heterocycles. The summed E-state index contributed by atoms with van der Waals surface area (Å²) in [4.78, 5) is 0. The van der Waals surface area contributed by atoms with Crippen LogP contribution in [0.25, 0.3) is 0 Å². The molecule has 0 aliphatic heterocycles. The van der Waals surface area contributed by atoms with E-state index in [1.54, 1.807) is 0 Å². The predicted octanol–water partition coefficient (Wildman–Crippen LogP) is 10.4. The average Bonchev–Trinajstić information content (AvgIpc) is 3.26. The summed E-state index contributed by atoms with van der Waals surface area (Å²) >= 11 is 0.